The van der Waals surface area contributed by atoms with Gasteiger partial charge in [0.05, 0.1) is 16.7 Å². The Bertz CT molecular complexity index is 2070. The Morgan fingerprint density at radius 2 is 1.20 bits per heavy atom. The van der Waals surface area contributed by atoms with Crippen molar-refractivity contribution in [2.75, 3.05) is 0 Å². The molecule has 0 bridgehead atoms. The summed E-state index contributed by atoms with van der Waals surface area (Å²) in [5, 5.41) is 0. The van der Waals surface area contributed by atoms with Gasteiger partial charge in [-0.2, -0.15) is 0 Å². The zero-order valence-corrected chi connectivity index (χ0v) is 26.4. The summed E-state index contributed by atoms with van der Waals surface area (Å²) in [6, 6.07) is 43.3. The van der Waals surface area contributed by atoms with Gasteiger partial charge in [0.15, 0.2) is 0 Å². The molecule has 45 heavy (non-hydrogen) atoms. The average molecular weight is 587 g/mol. The summed E-state index contributed by atoms with van der Waals surface area (Å²) >= 11 is 0. The number of hydrogen-bond donors (Lipinski definition) is 0. The van der Waals surface area contributed by atoms with Crippen molar-refractivity contribution in [3.05, 3.63) is 156 Å². The molecule has 0 spiro atoms. The fourth-order valence-corrected chi connectivity index (χ4v) is 6.41. The first-order valence-electron chi connectivity index (χ1n) is 15.9. The van der Waals surface area contributed by atoms with E-state index >= 15 is 0 Å². The van der Waals surface area contributed by atoms with Gasteiger partial charge in [-0.3, -0.25) is 9.13 Å². The number of imidazole rings is 2. The van der Waals surface area contributed by atoms with Crippen LogP contribution in [0.4, 0.5) is 0 Å². The van der Waals surface area contributed by atoms with Crippen LogP contribution in [0.1, 0.15) is 61.8 Å². The van der Waals surface area contributed by atoms with Crippen LogP contribution in [0, 0.1) is 0 Å². The Kier molecular flexibility index (Phi) is 7.64. The molecule has 4 heteroatoms. The molecule has 2 heterocycles. The lowest BCUT2D eigenvalue weighted by atomic mass is 9.92. The zero-order chi connectivity index (χ0) is 30.9. The molecule has 2 aromatic heterocycles. The van der Waals surface area contributed by atoms with Gasteiger partial charge >= 0.3 is 0 Å². The predicted octanol–water partition coefficient (Wildman–Crippen LogP) is 10.4. The first-order valence-corrected chi connectivity index (χ1v) is 15.9. The molecule has 0 saturated heterocycles. The van der Waals surface area contributed by atoms with Crippen LogP contribution in [0.3, 0.4) is 0 Å². The van der Waals surface area contributed by atoms with Crippen LogP contribution >= 0.6 is 0 Å². The molecule has 0 radical (unpaired) electrons. The summed E-state index contributed by atoms with van der Waals surface area (Å²) in [5.41, 5.74) is 11.9. The summed E-state index contributed by atoms with van der Waals surface area (Å²) < 4.78 is 4.55. The van der Waals surface area contributed by atoms with Crippen molar-refractivity contribution in [3.8, 4) is 34.2 Å². The van der Waals surface area contributed by atoms with E-state index in [0.717, 1.165) is 45.9 Å². The van der Waals surface area contributed by atoms with Crippen LogP contribution in [0.25, 0.3) is 45.2 Å². The number of rotatable bonds is 8. The number of nitrogens with zero attached hydrogens (tertiary/aromatic N) is 4. The van der Waals surface area contributed by atoms with E-state index < -0.39 is 0 Å². The Labute approximate surface area is 265 Å². The Morgan fingerprint density at radius 1 is 0.600 bits per heavy atom. The minimum Gasteiger partial charge on any atom is -0.300 e. The lowest BCUT2D eigenvalue weighted by molar-refractivity contribution is 0.811. The highest BCUT2D eigenvalue weighted by molar-refractivity contribution is 5.84. The highest BCUT2D eigenvalue weighted by Crippen LogP contribution is 2.37. The summed E-state index contributed by atoms with van der Waals surface area (Å²) in [6.07, 6.45) is 4.70. The van der Waals surface area contributed by atoms with Crippen LogP contribution in [-0.2, 0) is 6.42 Å². The fourth-order valence-electron chi connectivity index (χ4n) is 6.41. The van der Waals surface area contributed by atoms with E-state index in [4.69, 9.17) is 9.97 Å². The Hall–Kier alpha value is -5.22. The van der Waals surface area contributed by atoms with Gasteiger partial charge in [0.2, 0.25) is 0 Å². The average Bonchev–Trinajstić information content (AvgIpc) is 3.71. The quantitative estimate of drug-likeness (QED) is 0.178. The molecular formula is C41H38N4. The minimum absolute atomic E-state index is 0.379. The van der Waals surface area contributed by atoms with Crippen molar-refractivity contribution in [1.82, 2.24) is 19.1 Å². The molecule has 222 valence electrons. The minimum atomic E-state index is 0.379. The third kappa shape index (κ3) is 5.49. The molecular weight excluding hydrogens is 548 g/mol. The first kappa shape index (κ1) is 28.5. The standard InChI is InChI=1S/C41H38N4/c1-28(2)35-19-12-20-36(29(3)4)39(35)45-38-22-9-8-21-37(38)43-41(45)33-16-11-14-31(27-33)25-30-13-10-15-32(26-30)40-42-23-24-44(40)34-17-6-5-7-18-34/h5-24,26-29H,25H2,1-4H3. The molecule has 0 unspecified atom stereocenters. The van der Waals surface area contributed by atoms with Gasteiger partial charge in [-0.15, -0.1) is 0 Å². The van der Waals surface area contributed by atoms with Crippen molar-refractivity contribution in [2.24, 2.45) is 0 Å². The first-order chi connectivity index (χ1) is 22.0. The number of fused-ring (bicyclic) bond motifs is 1. The molecule has 4 nitrogen and oxygen atoms in total. The third-order valence-corrected chi connectivity index (χ3v) is 8.58. The molecule has 0 aliphatic rings. The van der Waals surface area contributed by atoms with Gasteiger partial charge in [0.25, 0.3) is 0 Å². The summed E-state index contributed by atoms with van der Waals surface area (Å²) in [4.78, 5) is 9.96. The molecule has 0 atom stereocenters. The van der Waals surface area contributed by atoms with E-state index in [1.165, 1.54) is 27.9 Å². The second kappa shape index (κ2) is 12.0. The van der Waals surface area contributed by atoms with Gasteiger partial charge in [0.1, 0.15) is 11.6 Å². The second-order valence-electron chi connectivity index (χ2n) is 12.4. The largest absolute Gasteiger partial charge is 0.300 e. The van der Waals surface area contributed by atoms with Crippen LogP contribution < -0.4 is 0 Å². The van der Waals surface area contributed by atoms with Crippen molar-refractivity contribution < 1.29 is 0 Å². The van der Waals surface area contributed by atoms with E-state index in [1.807, 2.05) is 18.5 Å². The number of benzene rings is 5. The monoisotopic (exact) mass is 586 g/mol. The molecule has 0 saturated carbocycles. The zero-order valence-electron chi connectivity index (χ0n) is 26.4. The summed E-state index contributed by atoms with van der Waals surface area (Å²) in [5.74, 6) is 2.68. The van der Waals surface area contributed by atoms with Crippen molar-refractivity contribution in [3.63, 3.8) is 0 Å². The van der Waals surface area contributed by atoms with E-state index in [9.17, 15) is 0 Å². The maximum atomic E-state index is 5.25. The highest BCUT2D eigenvalue weighted by atomic mass is 15.1. The Balaban J connectivity index is 1.30. The predicted molar refractivity (Wildman–Crippen MR) is 186 cm³/mol. The SMILES string of the molecule is CC(C)c1cccc(C(C)C)c1-n1c(-c2cccc(Cc3cccc(-c4nccn4-c4ccccc4)c3)c2)nc2ccccc21. The molecule has 0 N–H and O–H groups in total. The number of aromatic nitrogens is 4. The summed E-state index contributed by atoms with van der Waals surface area (Å²) in [6.45, 7) is 9.12. The van der Waals surface area contributed by atoms with E-state index in [1.54, 1.807) is 0 Å². The molecule has 0 aliphatic heterocycles. The third-order valence-electron chi connectivity index (χ3n) is 8.58. The Morgan fingerprint density at radius 3 is 1.87 bits per heavy atom. The van der Waals surface area contributed by atoms with Crippen molar-refractivity contribution in [2.45, 2.75) is 46.0 Å². The van der Waals surface area contributed by atoms with E-state index in [-0.39, 0.29) is 0 Å². The maximum absolute atomic E-state index is 5.25. The van der Waals surface area contributed by atoms with Crippen LogP contribution in [0.5, 0.6) is 0 Å². The highest BCUT2D eigenvalue weighted by Gasteiger charge is 2.22. The lowest BCUT2D eigenvalue weighted by Gasteiger charge is -2.22. The van der Waals surface area contributed by atoms with Crippen LogP contribution in [-0.4, -0.2) is 19.1 Å². The van der Waals surface area contributed by atoms with Crippen molar-refractivity contribution >= 4 is 11.0 Å². The fraction of sp³-hybridized carbons (Fsp3) is 0.171. The van der Waals surface area contributed by atoms with E-state index in [2.05, 4.69) is 152 Å². The molecule has 7 rings (SSSR count). The van der Waals surface area contributed by atoms with Gasteiger partial charge in [-0.25, -0.2) is 9.97 Å². The van der Waals surface area contributed by atoms with Crippen molar-refractivity contribution in [1.29, 1.82) is 0 Å². The molecule has 0 amide bonds. The molecule has 0 fully saturated rings. The smallest absolute Gasteiger partial charge is 0.145 e. The topological polar surface area (TPSA) is 35.6 Å². The van der Waals surface area contributed by atoms with Gasteiger partial charge in [-0.1, -0.05) is 113 Å². The van der Waals surface area contributed by atoms with Gasteiger partial charge < -0.3 is 0 Å². The molecule has 5 aromatic carbocycles. The lowest BCUT2D eigenvalue weighted by Crippen LogP contribution is -2.08. The number of para-hydroxylation sites is 4. The molecule has 7 aromatic rings. The van der Waals surface area contributed by atoms with E-state index in [0.29, 0.717) is 11.8 Å². The number of hydrogen-bond acceptors (Lipinski definition) is 2. The molecule has 0 aliphatic carbocycles. The maximum Gasteiger partial charge on any atom is 0.145 e. The van der Waals surface area contributed by atoms with Gasteiger partial charge in [0, 0.05) is 29.2 Å². The second-order valence-corrected chi connectivity index (χ2v) is 12.4. The van der Waals surface area contributed by atoms with Gasteiger partial charge in [-0.05, 0) is 76.9 Å². The van der Waals surface area contributed by atoms with Crippen LogP contribution in [0.15, 0.2) is 134 Å². The normalized spacial score (nSPS) is 11.6. The van der Waals surface area contributed by atoms with Crippen LogP contribution in [0.2, 0.25) is 0 Å². The summed E-state index contributed by atoms with van der Waals surface area (Å²) in [7, 11) is 0.